The molecule has 0 bridgehead atoms. The lowest BCUT2D eigenvalue weighted by atomic mass is 10.1. The number of thiophene rings is 1. The van der Waals surface area contributed by atoms with Crippen LogP contribution in [0.2, 0.25) is 0 Å². The summed E-state index contributed by atoms with van der Waals surface area (Å²) >= 11 is 1.58. The first-order valence-electron chi connectivity index (χ1n) is 9.73. The Morgan fingerprint density at radius 1 is 1.03 bits per heavy atom. The first kappa shape index (κ1) is 20.6. The van der Waals surface area contributed by atoms with Gasteiger partial charge in [0.25, 0.3) is 0 Å². The van der Waals surface area contributed by atoms with E-state index < -0.39 is 0 Å². The number of carbonyl (C=O) groups excluding carboxylic acids is 1. The summed E-state index contributed by atoms with van der Waals surface area (Å²) in [5.74, 6) is 1.79. The van der Waals surface area contributed by atoms with Crippen molar-refractivity contribution in [2.24, 2.45) is 0 Å². The molecule has 0 unspecified atom stereocenters. The van der Waals surface area contributed by atoms with Crippen molar-refractivity contribution in [3.05, 3.63) is 60.2 Å². The molecule has 2 heterocycles. The molecule has 158 valence electrons. The zero-order valence-electron chi connectivity index (χ0n) is 17.2. The number of nitrogens with one attached hydrogen (secondary N) is 2. The van der Waals surface area contributed by atoms with Crippen molar-refractivity contribution >= 4 is 39.0 Å². The molecule has 31 heavy (non-hydrogen) atoms. The standard InChI is InChI=1S/C23H22N4O3S/c1-29-18-9-8-16(12-19(18)30-2)27-20(28)10-11-24-22-21-17(15-6-4-3-5-7-15)13-31-23(21)26-14-25-22/h3-9,12-14H,10-11H2,1-2H3,(H,27,28)(H,24,25,26). The fourth-order valence-corrected chi connectivity index (χ4v) is 4.19. The highest BCUT2D eigenvalue weighted by atomic mass is 32.1. The molecule has 2 aromatic heterocycles. The molecule has 0 atom stereocenters. The van der Waals surface area contributed by atoms with E-state index in [9.17, 15) is 4.79 Å². The number of rotatable bonds is 8. The highest BCUT2D eigenvalue weighted by Crippen LogP contribution is 2.36. The molecule has 7 nitrogen and oxygen atoms in total. The molecule has 2 aromatic carbocycles. The summed E-state index contributed by atoms with van der Waals surface area (Å²) < 4.78 is 10.5. The minimum absolute atomic E-state index is 0.112. The number of hydrogen-bond acceptors (Lipinski definition) is 7. The molecule has 4 aromatic rings. The molecule has 0 saturated carbocycles. The molecule has 1 amide bonds. The Balaban J connectivity index is 1.43. The van der Waals surface area contributed by atoms with Gasteiger partial charge in [0.2, 0.25) is 5.91 Å². The van der Waals surface area contributed by atoms with Gasteiger partial charge in [0.1, 0.15) is 17.0 Å². The van der Waals surface area contributed by atoms with E-state index in [0.717, 1.165) is 27.2 Å². The predicted molar refractivity (Wildman–Crippen MR) is 124 cm³/mol. The fourth-order valence-electron chi connectivity index (χ4n) is 3.27. The average Bonchev–Trinajstić information content (AvgIpc) is 3.24. The molecule has 0 aliphatic carbocycles. The SMILES string of the molecule is COc1ccc(NC(=O)CCNc2ncnc3scc(-c4ccccc4)c23)cc1OC. The Morgan fingerprint density at radius 2 is 1.84 bits per heavy atom. The van der Waals surface area contributed by atoms with Gasteiger partial charge in [0.05, 0.1) is 19.6 Å². The van der Waals surface area contributed by atoms with Crippen LogP contribution in [0.3, 0.4) is 0 Å². The number of methoxy groups -OCH3 is 2. The van der Waals surface area contributed by atoms with E-state index in [1.165, 1.54) is 0 Å². The topological polar surface area (TPSA) is 85.4 Å². The van der Waals surface area contributed by atoms with Crippen molar-refractivity contribution in [1.29, 1.82) is 0 Å². The summed E-state index contributed by atoms with van der Waals surface area (Å²) in [5, 5.41) is 9.23. The van der Waals surface area contributed by atoms with Gasteiger partial charge in [-0.1, -0.05) is 30.3 Å². The molecule has 0 radical (unpaired) electrons. The Labute approximate surface area is 184 Å². The third kappa shape index (κ3) is 4.59. The van der Waals surface area contributed by atoms with E-state index >= 15 is 0 Å². The summed E-state index contributed by atoms with van der Waals surface area (Å²) in [5.41, 5.74) is 2.84. The van der Waals surface area contributed by atoms with Gasteiger partial charge in [-0.25, -0.2) is 9.97 Å². The summed E-state index contributed by atoms with van der Waals surface area (Å²) in [6.07, 6.45) is 1.82. The van der Waals surface area contributed by atoms with Gasteiger partial charge in [0, 0.05) is 35.7 Å². The quantitative estimate of drug-likeness (QED) is 0.414. The van der Waals surface area contributed by atoms with E-state index in [1.54, 1.807) is 50.1 Å². The number of aromatic nitrogens is 2. The second-order valence-corrected chi connectivity index (χ2v) is 7.57. The van der Waals surface area contributed by atoms with E-state index in [1.807, 2.05) is 18.2 Å². The van der Waals surface area contributed by atoms with E-state index in [-0.39, 0.29) is 12.3 Å². The summed E-state index contributed by atoms with van der Waals surface area (Å²) in [6, 6.07) is 15.4. The second kappa shape index (κ2) is 9.44. The molecule has 0 saturated heterocycles. The Kier molecular flexibility index (Phi) is 6.28. The minimum atomic E-state index is -0.112. The van der Waals surface area contributed by atoms with E-state index in [0.29, 0.717) is 23.7 Å². The third-order valence-corrected chi connectivity index (χ3v) is 5.65. The van der Waals surface area contributed by atoms with Gasteiger partial charge < -0.3 is 20.1 Å². The summed E-state index contributed by atoms with van der Waals surface area (Å²) in [7, 11) is 3.13. The van der Waals surface area contributed by atoms with Crippen LogP contribution in [-0.4, -0.2) is 36.6 Å². The maximum Gasteiger partial charge on any atom is 0.226 e. The van der Waals surface area contributed by atoms with Gasteiger partial charge in [-0.15, -0.1) is 11.3 Å². The van der Waals surface area contributed by atoms with Crippen molar-refractivity contribution in [2.45, 2.75) is 6.42 Å². The minimum Gasteiger partial charge on any atom is -0.493 e. The first-order valence-corrected chi connectivity index (χ1v) is 10.6. The van der Waals surface area contributed by atoms with E-state index in [4.69, 9.17) is 9.47 Å². The van der Waals surface area contributed by atoms with Gasteiger partial charge in [-0.2, -0.15) is 0 Å². The summed E-state index contributed by atoms with van der Waals surface area (Å²) in [6.45, 7) is 0.440. The van der Waals surface area contributed by atoms with Crippen molar-refractivity contribution in [1.82, 2.24) is 9.97 Å². The largest absolute Gasteiger partial charge is 0.493 e. The van der Waals surface area contributed by atoms with Gasteiger partial charge in [0.15, 0.2) is 11.5 Å². The van der Waals surface area contributed by atoms with Crippen molar-refractivity contribution in [2.75, 3.05) is 31.4 Å². The Morgan fingerprint density at radius 3 is 2.61 bits per heavy atom. The van der Waals surface area contributed by atoms with Gasteiger partial charge >= 0.3 is 0 Å². The van der Waals surface area contributed by atoms with Crippen molar-refractivity contribution in [3.63, 3.8) is 0 Å². The number of nitrogens with zero attached hydrogens (tertiary/aromatic N) is 2. The molecule has 8 heteroatoms. The zero-order chi connectivity index (χ0) is 21.6. The summed E-state index contributed by atoms with van der Waals surface area (Å²) in [4.78, 5) is 22.1. The van der Waals surface area contributed by atoms with Crippen LogP contribution in [0.25, 0.3) is 21.3 Å². The van der Waals surface area contributed by atoms with Crippen LogP contribution in [0.1, 0.15) is 6.42 Å². The number of amides is 1. The molecule has 0 spiro atoms. The van der Waals surface area contributed by atoms with Crippen LogP contribution in [0, 0.1) is 0 Å². The van der Waals surface area contributed by atoms with Crippen molar-refractivity contribution < 1.29 is 14.3 Å². The molecule has 2 N–H and O–H groups in total. The van der Waals surface area contributed by atoms with Gasteiger partial charge in [-0.3, -0.25) is 4.79 Å². The monoisotopic (exact) mass is 434 g/mol. The number of hydrogen-bond donors (Lipinski definition) is 2. The number of anilines is 2. The maximum absolute atomic E-state index is 12.4. The molecule has 0 aliphatic heterocycles. The van der Waals surface area contributed by atoms with Crippen molar-refractivity contribution in [3.8, 4) is 22.6 Å². The lowest BCUT2D eigenvalue weighted by molar-refractivity contribution is -0.115. The molecule has 0 aliphatic rings. The fraction of sp³-hybridized carbons (Fsp3) is 0.174. The second-order valence-electron chi connectivity index (χ2n) is 6.71. The van der Waals surface area contributed by atoms with Crippen LogP contribution in [0.5, 0.6) is 11.5 Å². The van der Waals surface area contributed by atoms with E-state index in [2.05, 4.69) is 38.1 Å². The van der Waals surface area contributed by atoms with Gasteiger partial charge in [-0.05, 0) is 17.7 Å². The first-order chi connectivity index (χ1) is 15.2. The Bertz CT molecular complexity index is 1190. The number of benzene rings is 2. The third-order valence-electron chi connectivity index (χ3n) is 4.77. The highest BCUT2D eigenvalue weighted by molar-refractivity contribution is 7.17. The number of carbonyl (C=O) groups is 1. The zero-order valence-corrected chi connectivity index (χ0v) is 18.0. The average molecular weight is 435 g/mol. The van der Waals surface area contributed by atoms with Crippen LogP contribution >= 0.6 is 11.3 Å². The molecule has 0 fully saturated rings. The number of fused-ring (bicyclic) bond motifs is 1. The van der Waals surface area contributed by atoms with Crippen LogP contribution in [0.15, 0.2) is 60.2 Å². The Hall–Kier alpha value is -3.65. The maximum atomic E-state index is 12.4. The molecular formula is C23H22N4O3S. The number of ether oxygens (including phenoxy) is 2. The normalized spacial score (nSPS) is 10.6. The predicted octanol–water partition coefficient (Wildman–Crippen LogP) is 4.82. The lowest BCUT2D eigenvalue weighted by Gasteiger charge is -2.11. The highest BCUT2D eigenvalue weighted by Gasteiger charge is 2.13. The van der Waals surface area contributed by atoms with Crippen LogP contribution in [0.4, 0.5) is 11.5 Å². The molecule has 4 rings (SSSR count). The molecular weight excluding hydrogens is 412 g/mol. The smallest absolute Gasteiger partial charge is 0.226 e. The van der Waals surface area contributed by atoms with Crippen LogP contribution < -0.4 is 20.1 Å². The lowest BCUT2D eigenvalue weighted by Crippen LogP contribution is -2.16. The van der Waals surface area contributed by atoms with Crippen LogP contribution in [-0.2, 0) is 4.79 Å².